The molecule has 1 rings (SSSR count). The molecule has 1 atom stereocenters. The number of unbranched alkanes of at least 4 members (excludes halogenated alkanes) is 1. The average Bonchev–Trinajstić information content (AvgIpc) is 2.29. The van der Waals surface area contributed by atoms with Crippen molar-refractivity contribution in [3.05, 3.63) is 30.1 Å². The second-order valence-electron chi connectivity index (χ2n) is 3.81. The minimum Gasteiger partial charge on any atom is -0.481 e. The fourth-order valence-electron chi connectivity index (χ4n) is 1.47. The van der Waals surface area contributed by atoms with E-state index in [2.05, 4.69) is 17.2 Å². The summed E-state index contributed by atoms with van der Waals surface area (Å²) in [4.78, 5) is 14.3. The van der Waals surface area contributed by atoms with Crippen LogP contribution >= 0.6 is 0 Å². The van der Waals surface area contributed by atoms with Gasteiger partial charge in [0.25, 0.3) is 0 Å². The number of pyridine rings is 1. The average molecular weight is 222 g/mol. The Morgan fingerprint density at radius 3 is 3.00 bits per heavy atom. The summed E-state index contributed by atoms with van der Waals surface area (Å²) in [6, 6.07) is 4.21. The molecule has 0 fully saturated rings. The molecular formula is C12H18N2O2. The number of carboxylic acids is 1. The maximum Gasteiger partial charge on any atom is 0.303 e. The smallest absolute Gasteiger partial charge is 0.303 e. The summed E-state index contributed by atoms with van der Waals surface area (Å²) in [5.41, 5.74) is 1.15. The van der Waals surface area contributed by atoms with Crippen LogP contribution in [0.3, 0.4) is 0 Å². The first-order chi connectivity index (χ1) is 7.70. The van der Waals surface area contributed by atoms with Crippen molar-refractivity contribution in [1.82, 2.24) is 10.3 Å². The first kappa shape index (κ1) is 12.6. The van der Waals surface area contributed by atoms with Crippen molar-refractivity contribution in [1.29, 1.82) is 0 Å². The Labute approximate surface area is 95.7 Å². The van der Waals surface area contributed by atoms with Crippen molar-refractivity contribution >= 4 is 5.97 Å². The van der Waals surface area contributed by atoms with Crippen molar-refractivity contribution in [2.75, 3.05) is 6.54 Å². The van der Waals surface area contributed by atoms with E-state index in [1.807, 2.05) is 18.3 Å². The number of carbonyl (C=O) groups is 1. The van der Waals surface area contributed by atoms with Crippen LogP contribution in [0.15, 0.2) is 24.5 Å². The highest BCUT2D eigenvalue weighted by atomic mass is 16.4. The van der Waals surface area contributed by atoms with E-state index in [1.54, 1.807) is 6.20 Å². The van der Waals surface area contributed by atoms with Gasteiger partial charge in [-0.05, 0) is 37.9 Å². The molecule has 0 bridgehead atoms. The lowest BCUT2D eigenvalue weighted by atomic mass is 10.1. The second kappa shape index (κ2) is 6.95. The molecule has 1 aromatic heterocycles. The Bertz CT molecular complexity index is 314. The Morgan fingerprint density at radius 1 is 1.56 bits per heavy atom. The summed E-state index contributed by atoms with van der Waals surface area (Å²) in [5.74, 6) is -0.722. The molecule has 1 heterocycles. The van der Waals surface area contributed by atoms with Crippen LogP contribution in [0.25, 0.3) is 0 Å². The van der Waals surface area contributed by atoms with E-state index >= 15 is 0 Å². The van der Waals surface area contributed by atoms with Crippen LogP contribution in [0, 0.1) is 0 Å². The third-order valence-corrected chi connectivity index (χ3v) is 2.45. The van der Waals surface area contributed by atoms with E-state index < -0.39 is 5.97 Å². The highest BCUT2D eigenvalue weighted by Crippen LogP contribution is 2.09. The molecular weight excluding hydrogens is 204 g/mol. The normalized spacial score (nSPS) is 12.3. The zero-order valence-electron chi connectivity index (χ0n) is 9.52. The van der Waals surface area contributed by atoms with Crippen LogP contribution in [0.1, 0.15) is 37.8 Å². The van der Waals surface area contributed by atoms with Crippen LogP contribution < -0.4 is 5.32 Å². The molecule has 0 aliphatic heterocycles. The number of aliphatic carboxylic acids is 1. The Balaban J connectivity index is 2.16. The van der Waals surface area contributed by atoms with Gasteiger partial charge in [-0.1, -0.05) is 6.07 Å². The topological polar surface area (TPSA) is 62.2 Å². The van der Waals surface area contributed by atoms with Crippen LogP contribution in [0.4, 0.5) is 0 Å². The molecule has 16 heavy (non-hydrogen) atoms. The van der Waals surface area contributed by atoms with Crippen molar-refractivity contribution in [3.63, 3.8) is 0 Å². The summed E-state index contributed by atoms with van der Waals surface area (Å²) >= 11 is 0. The minimum absolute atomic E-state index is 0.253. The number of nitrogens with one attached hydrogen (secondary N) is 1. The lowest BCUT2D eigenvalue weighted by molar-refractivity contribution is -0.137. The second-order valence-corrected chi connectivity index (χ2v) is 3.81. The van der Waals surface area contributed by atoms with Crippen molar-refractivity contribution in [2.45, 2.75) is 32.2 Å². The Kier molecular flexibility index (Phi) is 5.50. The van der Waals surface area contributed by atoms with Gasteiger partial charge in [-0.15, -0.1) is 0 Å². The lowest BCUT2D eigenvalue weighted by Gasteiger charge is -2.13. The number of aromatic nitrogens is 1. The Morgan fingerprint density at radius 2 is 2.38 bits per heavy atom. The van der Waals surface area contributed by atoms with E-state index in [1.165, 1.54) is 0 Å². The van der Waals surface area contributed by atoms with Crippen LogP contribution in [0.5, 0.6) is 0 Å². The molecule has 0 saturated heterocycles. The Hall–Kier alpha value is -1.42. The fraction of sp³-hybridized carbons (Fsp3) is 0.500. The number of hydrogen-bond donors (Lipinski definition) is 2. The van der Waals surface area contributed by atoms with Crippen LogP contribution in [0.2, 0.25) is 0 Å². The standard InChI is InChI=1S/C12H18N2O2/c1-10(11-5-4-7-13-9-11)14-8-3-2-6-12(15)16/h4-5,7,9-10,14H,2-3,6,8H2,1H3,(H,15,16). The van der Waals surface area contributed by atoms with Gasteiger partial charge in [0, 0.05) is 24.9 Å². The van der Waals surface area contributed by atoms with Gasteiger partial charge in [0.2, 0.25) is 0 Å². The zero-order chi connectivity index (χ0) is 11.8. The van der Waals surface area contributed by atoms with Gasteiger partial charge in [0.1, 0.15) is 0 Å². The number of hydrogen-bond acceptors (Lipinski definition) is 3. The van der Waals surface area contributed by atoms with Crippen LogP contribution in [-0.2, 0) is 4.79 Å². The molecule has 0 aliphatic rings. The van der Waals surface area contributed by atoms with E-state index in [0.717, 1.165) is 24.9 Å². The van der Waals surface area contributed by atoms with Crippen LogP contribution in [-0.4, -0.2) is 22.6 Å². The molecule has 1 unspecified atom stereocenters. The molecule has 0 spiro atoms. The van der Waals surface area contributed by atoms with Crippen molar-refractivity contribution in [3.8, 4) is 0 Å². The van der Waals surface area contributed by atoms with E-state index in [0.29, 0.717) is 0 Å². The first-order valence-corrected chi connectivity index (χ1v) is 5.55. The highest BCUT2D eigenvalue weighted by molar-refractivity contribution is 5.66. The number of carboxylic acid groups (broad SMARTS) is 1. The molecule has 0 aliphatic carbocycles. The predicted octanol–water partition coefficient (Wildman–Crippen LogP) is 1.99. The van der Waals surface area contributed by atoms with Gasteiger partial charge in [-0.3, -0.25) is 9.78 Å². The molecule has 4 heteroatoms. The number of nitrogens with zero attached hydrogens (tertiary/aromatic N) is 1. The van der Waals surface area contributed by atoms with Crippen molar-refractivity contribution in [2.24, 2.45) is 0 Å². The summed E-state index contributed by atoms with van der Waals surface area (Å²) < 4.78 is 0. The molecule has 2 N–H and O–H groups in total. The first-order valence-electron chi connectivity index (χ1n) is 5.55. The molecule has 88 valence electrons. The van der Waals surface area contributed by atoms with Gasteiger partial charge >= 0.3 is 5.97 Å². The summed E-state index contributed by atoms with van der Waals surface area (Å²) in [6.07, 6.45) is 5.46. The molecule has 0 radical (unpaired) electrons. The van der Waals surface area contributed by atoms with Gasteiger partial charge in [0.15, 0.2) is 0 Å². The molecule has 0 aromatic carbocycles. The predicted molar refractivity (Wildman–Crippen MR) is 62.1 cm³/mol. The van der Waals surface area contributed by atoms with Gasteiger partial charge in [-0.2, -0.15) is 0 Å². The minimum atomic E-state index is -0.722. The van der Waals surface area contributed by atoms with E-state index in [-0.39, 0.29) is 12.5 Å². The maximum atomic E-state index is 10.3. The maximum absolute atomic E-state index is 10.3. The quantitative estimate of drug-likeness (QED) is 0.692. The summed E-state index contributed by atoms with van der Waals surface area (Å²) in [5, 5.41) is 11.8. The van der Waals surface area contributed by atoms with E-state index in [9.17, 15) is 4.79 Å². The summed E-state index contributed by atoms with van der Waals surface area (Å²) in [6.45, 7) is 2.91. The fourth-order valence-corrected chi connectivity index (χ4v) is 1.47. The highest BCUT2D eigenvalue weighted by Gasteiger charge is 2.03. The molecule has 4 nitrogen and oxygen atoms in total. The van der Waals surface area contributed by atoms with E-state index in [4.69, 9.17) is 5.11 Å². The lowest BCUT2D eigenvalue weighted by Crippen LogP contribution is -2.20. The van der Waals surface area contributed by atoms with Gasteiger partial charge in [-0.25, -0.2) is 0 Å². The molecule has 0 amide bonds. The monoisotopic (exact) mass is 222 g/mol. The van der Waals surface area contributed by atoms with Crippen molar-refractivity contribution < 1.29 is 9.90 Å². The molecule has 0 saturated carbocycles. The van der Waals surface area contributed by atoms with Gasteiger partial charge in [0.05, 0.1) is 0 Å². The zero-order valence-corrected chi connectivity index (χ0v) is 9.52. The van der Waals surface area contributed by atoms with Gasteiger partial charge < -0.3 is 10.4 Å². The third-order valence-electron chi connectivity index (χ3n) is 2.45. The number of rotatable bonds is 7. The summed E-state index contributed by atoms with van der Waals surface area (Å²) in [7, 11) is 0. The SMILES string of the molecule is CC(NCCCCC(=O)O)c1cccnc1. The molecule has 1 aromatic rings. The largest absolute Gasteiger partial charge is 0.481 e. The third kappa shape index (κ3) is 4.89.